The molecule has 0 bridgehead atoms. The van der Waals surface area contributed by atoms with Gasteiger partial charge in [-0.3, -0.25) is 4.90 Å². The zero-order valence-corrected chi connectivity index (χ0v) is 11.8. The van der Waals surface area contributed by atoms with E-state index >= 15 is 0 Å². The highest BCUT2D eigenvalue weighted by molar-refractivity contribution is 7.09. The van der Waals surface area contributed by atoms with Gasteiger partial charge in [-0.15, -0.1) is 11.3 Å². The van der Waals surface area contributed by atoms with Crippen molar-refractivity contribution in [3.63, 3.8) is 0 Å². The highest BCUT2D eigenvalue weighted by Crippen LogP contribution is 2.19. The number of rotatable bonds is 5. The SMILES string of the molecule is CCCC1CN(Cc2cccs2)C(CC)CN1. The quantitative estimate of drug-likeness (QED) is 0.866. The molecule has 96 valence electrons. The van der Waals surface area contributed by atoms with Gasteiger partial charge in [-0.2, -0.15) is 0 Å². The lowest BCUT2D eigenvalue weighted by atomic mass is 10.0. The van der Waals surface area contributed by atoms with Crippen LogP contribution in [0.25, 0.3) is 0 Å². The van der Waals surface area contributed by atoms with Gasteiger partial charge in [-0.1, -0.05) is 26.3 Å². The lowest BCUT2D eigenvalue weighted by Crippen LogP contribution is -2.55. The van der Waals surface area contributed by atoms with Crippen LogP contribution in [-0.2, 0) is 6.54 Å². The summed E-state index contributed by atoms with van der Waals surface area (Å²) in [5.74, 6) is 0. The Hall–Kier alpha value is -0.380. The molecule has 1 aromatic heterocycles. The molecule has 1 aliphatic heterocycles. The van der Waals surface area contributed by atoms with Crippen LogP contribution in [0.5, 0.6) is 0 Å². The number of nitrogens with zero attached hydrogens (tertiary/aromatic N) is 1. The molecule has 2 unspecified atom stereocenters. The third-order valence-corrected chi connectivity index (χ3v) is 4.52. The van der Waals surface area contributed by atoms with Gasteiger partial charge in [-0.25, -0.2) is 0 Å². The Morgan fingerprint density at radius 3 is 3.00 bits per heavy atom. The van der Waals surface area contributed by atoms with E-state index in [0.29, 0.717) is 12.1 Å². The van der Waals surface area contributed by atoms with Crippen molar-refractivity contribution in [2.45, 2.75) is 51.7 Å². The number of hydrogen-bond donors (Lipinski definition) is 1. The maximum atomic E-state index is 3.69. The molecule has 0 aliphatic carbocycles. The van der Waals surface area contributed by atoms with Gasteiger partial charge in [0.15, 0.2) is 0 Å². The Balaban J connectivity index is 1.94. The Bertz CT molecular complexity index is 310. The Morgan fingerprint density at radius 1 is 1.47 bits per heavy atom. The molecule has 2 rings (SSSR count). The first kappa shape index (κ1) is 13.1. The summed E-state index contributed by atoms with van der Waals surface area (Å²) in [6, 6.07) is 5.83. The third-order valence-electron chi connectivity index (χ3n) is 3.66. The third kappa shape index (κ3) is 3.54. The molecule has 1 N–H and O–H groups in total. The van der Waals surface area contributed by atoms with Crippen molar-refractivity contribution in [2.75, 3.05) is 13.1 Å². The van der Waals surface area contributed by atoms with E-state index in [-0.39, 0.29) is 0 Å². The molecule has 2 heterocycles. The van der Waals surface area contributed by atoms with Crippen LogP contribution in [0.2, 0.25) is 0 Å². The molecule has 0 saturated carbocycles. The summed E-state index contributed by atoms with van der Waals surface area (Å²) in [6.07, 6.45) is 3.83. The van der Waals surface area contributed by atoms with E-state index in [4.69, 9.17) is 0 Å². The molecular weight excluding hydrogens is 228 g/mol. The van der Waals surface area contributed by atoms with Crippen molar-refractivity contribution in [1.29, 1.82) is 0 Å². The highest BCUT2D eigenvalue weighted by atomic mass is 32.1. The minimum atomic E-state index is 0.697. The minimum absolute atomic E-state index is 0.697. The van der Waals surface area contributed by atoms with Crippen LogP contribution >= 0.6 is 11.3 Å². The summed E-state index contributed by atoms with van der Waals surface area (Å²) in [4.78, 5) is 4.17. The minimum Gasteiger partial charge on any atom is -0.311 e. The van der Waals surface area contributed by atoms with Crippen molar-refractivity contribution in [1.82, 2.24) is 10.2 Å². The Labute approximate surface area is 109 Å². The molecule has 1 saturated heterocycles. The predicted octanol–water partition coefficient (Wildman–Crippen LogP) is 3.10. The highest BCUT2D eigenvalue weighted by Gasteiger charge is 2.26. The lowest BCUT2D eigenvalue weighted by Gasteiger charge is -2.40. The first-order valence-electron chi connectivity index (χ1n) is 6.83. The van der Waals surface area contributed by atoms with E-state index in [1.165, 1.54) is 30.7 Å². The molecule has 2 nitrogen and oxygen atoms in total. The van der Waals surface area contributed by atoms with E-state index in [1.54, 1.807) is 0 Å². The number of nitrogens with one attached hydrogen (secondary N) is 1. The van der Waals surface area contributed by atoms with Crippen LogP contribution in [0, 0.1) is 0 Å². The molecule has 17 heavy (non-hydrogen) atoms. The number of hydrogen-bond acceptors (Lipinski definition) is 3. The zero-order chi connectivity index (χ0) is 12.1. The number of thiophene rings is 1. The lowest BCUT2D eigenvalue weighted by molar-refractivity contribution is 0.117. The molecule has 0 amide bonds. The van der Waals surface area contributed by atoms with Crippen molar-refractivity contribution in [3.8, 4) is 0 Å². The molecule has 0 aromatic carbocycles. The predicted molar refractivity (Wildman–Crippen MR) is 75.5 cm³/mol. The molecule has 2 atom stereocenters. The number of piperazine rings is 1. The first-order chi connectivity index (χ1) is 8.33. The van der Waals surface area contributed by atoms with Crippen LogP contribution in [0.1, 0.15) is 38.0 Å². The van der Waals surface area contributed by atoms with E-state index in [0.717, 1.165) is 13.1 Å². The maximum Gasteiger partial charge on any atom is 0.0332 e. The Kier molecular flexibility index (Phi) is 5.01. The van der Waals surface area contributed by atoms with Gasteiger partial charge < -0.3 is 5.32 Å². The van der Waals surface area contributed by atoms with Crippen molar-refractivity contribution < 1.29 is 0 Å². The monoisotopic (exact) mass is 252 g/mol. The summed E-state index contributed by atoms with van der Waals surface area (Å²) in [5, 5.41) is 5.87. The zero-order valence-electron chi connectivity index (χ0n) is 11.0. The van der Waals surface area contributed by atoms with E-state index in [2.05, 4.69) is 41.6 Å². The van der Waals surface area contributed by atoms with Crippen molar-refractivity contribution >= 4 is 11.3 Å². The Morgan fingerprint density at radius 2 is 2.35 bits per heavy atom. The van der Waals surface area contributed by atoms with Crippen molar-refractivity contribution in [2.24, 2.45) is 0 Å². The van der Waals surface area contributed by atoms with Gasteiger partial charge in [0.05, 0.1) is 0 Å². The summed E-state index contributed by atoms with van der Waals surface area (Å²) >= 11 is 1.88. The fourth-order valence-corrected chi connectivity index (χ4v) is 3.40. The normalized spacial score (nSPS) is 26.2. The van der Waals surface area contributed by atoms with Gasteiger partial charge >= 0.3 is 0 Å². The smallest absolute Gasteiger partial charge is 0.0332 e. The van der Waals surface area contributed by atoms with Crippen LogP contribution in [0.15, 0.2) is 17.5 Å². The molecule has 1 aliphatic rings. The topological polar surface area (TPSA) is 15.3 Å². The van der Waals surface area contributed by atoms with Crippen LogP contribution < -0.4 is 5.32 Å². The van der Waals surface area contributed by atoms with Crippen LogP contribution in [0.3, 0.4) is 0 Å². The molecule has 0 spiro atoms. The summed E-state index contributed by atoms with van der Waals surface area (Å²) in [5.41, 5.74) is 0. The molecule has 0 radical (unpaired) electrons. The second kappa shape index (κ2) is 6.53. The van der Waals surface area contributed by atoms with Crippen LogP contribution in [0.4, 0.5) is 0 Å². The van der Waals surface area contributed by atoms with Crippen LogP contribution in [-0.4, -0.2) is 30.1 Å². The molecule has 1 fully saturated rings. The maximum absolute atomic E-state index is 3.69. The summed E-state index contributed by atoms with van der Waals surface area (Å²) < 4.78 is 0. The molecular formula is C14H24N2S. The molecule has 1 aromatic rings. The van der Waals surface area contributed by atoms with Gasteiger partial charge in [0.2, 0.25) is 0 Å². The largest absolute Gasteiger partial charge is 0.311 e. The summed E-state index contributed by atoms with van der Waals surface area (Å²) in [6.45, 7) is 8.08. The average Bonchev–Trinajstić information content (AvgIpc) is 2.83. The standard InChI is InChI=1S/C14H24N2S/c1-3-6-12-10-16(13(4-2)9-15-12)11-14-7-5-8-17-14/h5,7-8,12-13,15H,3-4,6,9-11H2,1-2H3. The first-order valence-corrected chi connectivity index (χ1v) is 7.71. The molecule has 3 heteroatoms. The van der Waals surface area contributed by atoms with E-state index in [9.17, 15) is 0 Å². The fraction of sp³-hybridized carbons (Fsp3) is 0.714. The fourth-order valence-electron chi connectivity index (χ4n) is 2.67. The summed E-state index contributed by atoms with van der Waals surface area (Å²) in [7, 11) is 0. The van der Waals surface area contributed by atoms with E-state index < -0.39 is 0 Å². The van der Waals surface area contributed by atoms with Gasteiger partial charge in [0, 0.05) is 36.6 Å². The van der Waals surface area contributed by atoms with E-state index in [1.807, 2.05) is 11.3 Å². The van der Waals surface area contributed by atoms with Gasteiger partial charge in [-0.05, 0) is 24.3 Å². The second-order valence-electron chi connectivity index (χ2n) is 4.96. The van der Waals surface area contributed by atoms with Crippen molar-refractivity contribution in [3.05, 3.63) is 22.4 Å². The van der Waals surface area contributed by atoms with Gasteiger partial charge in [0.25, 0.3) is 0 Å². The average molecular weight is 252 g/mol. The van der Waals surface area contributed by atoms with Gasteiger partial charge in [0.1, 0.15) is 0 Å². The second-order valence-corrected chi connectivity index (χ2v) is 6.00.